The van der Waals surface area contributed by atoms with Crippen molar-refractivity contribution < 1.29 is 4.79 Å². The van der Waals surface area contributed by atoms with Gasteiger partial charge in [0.15, 0.2) is 0 Å². The molecule has 96 valence electrons. The highest BCUT2D eigenvalue weighted by Crippen LogP contribution is 2.18. The zero-order valence-corrected chi connectivity index (χ0v) is 11.2. The maximum atomic E-state index is 12.5. The molecule has 2 rings (SSSR count). The number of benzene rings is 2. The number of hydrogen-bond acceptors (Lipinski definition) is 1. The molecule has 2 aromatic rings. The second-order valence-corrected chi connectivity index (χ2v) is 4.64. The number of para-hydroxylation sites is 1. The standard InChI is InChI=1S/C16H14ClNO/c1-13(17)12-18(15-10-6-3-7-11-15)16(19)14-8-4-2-5-9-14/h2-11H,1,12H2. The van der Waals surface area contributed by atoms with Crippen LogP contribution >= 0.6 is 11.6 Å². The average Bonchev–Trinajstić information content (AvgIpc) is 2.46. The molecule has 0 unspecified atom stereocenters. The first-order valence-corrected chi connectivity index (χ1v) is 6.31. The number of amides is 1. The molecule has 0 atom stereocenters. The fourth-order valence-corrected chi connectivity index (χ4v) is 1.92. The lowest BCUT2D eigenvalue weighted by atomic mass is 10.2. The molecular formula is C16H14ClNO. The van der Waals surface area contributed by atoms with Gasteiger partial charge in [-0.1, -0.05) is 54.6 Å². The Morgan fingerprint density at radius 1 is 1.00 bits per heavy atom. The van der Waals surface area contributed by atoms with Gasteiger partial charge in [0, 0.05) is 16.3 Å². The number of anilines is 1. The second-order valence-electron chi connectivity index (χ2n) is 4.11. The molecular weight excluding hydrogens is 258 g/mol. The van der Waals surface area contributed by atoms with Gasteiger partial charge in [-0.05, 0) is 24.3 Å². The van der Waals surface area contributed by atoms with Gasteiger partial charge in [0.05, 0.1) is 6.54 Å². The number of hydrogen-bond donors (Lipinski definition) is 0. The highest BCUT2D eigenvalue weighted by molar-refractivity contribution is 6.30. The normalized spacial score (nSPS) is 9.95. The third-order valence-electron chi connectivity index (χ3n) is 2.66. The fourth-order valence-electron chi connectivity index (χ4n) is 1.80. The van der Waals surface area contributed by atoms with Crippen molar-refractivity contribution in [2.45, 2.75) is 0 Å². The topological polar surface area (TPSA) is 20.3 Å². The predicted molar refractivity (Wildman–Crippen MR) is 79.6 cm³/mol. The first kappa shape index (κ1) is 13.4. The Labute approximate surface area is 117 Å². The van der Waals surface area contributed by atoms with E-state index >= 15 is 0 Å². The maximum absolute atomic E-state index is 12.5. The zero-order chi connectivity index (χ0) is 13.7. The van der Waals surface area contributed by atoms with E-state index in [1.807, 2.05) is 48.5 Å². The van der Waals surface area contributed by atoms with Gasteiger partial charge < -0.3 is 4.90 Å². The molecule has 0 spiro atoms. The number of carbonyl (C=O) groups is 1. The average molecular weight is 272 g/mol. The Morgan fingerprint density at radius 3 is 2.05 bits per heavy atom. The Balaban J connectivity index is 2.33. The summed E-state index contributed by atoms with van der Waals surface area (Å²) in [4.78, 5) is 14.1. The molecule has 2 nitrogen and oxygen atoms in total. The quantitative estimate of drug-likeness (QED) is 0.820. The summed E-state index contributed by atoms with van der Waals surface area (Å²) in [6.45, 7) is 3.96. The van der Waals surface area contributed by atoms with Crippen molar-refractivity contribution in [3.05, 3.63) is 77.8 Å². The molecule has 1 amide bonds. The Bertz CT molecular complexity index is 566. The molecule has 0 saturated heterocycles. The summed E-state index contributed by atoms with van der Waals surface area (Å²) in [7, 11) is 0. The number of halogens is 1. The lowest BCUT2D eigenvalue weighted by molar-refractivity contribution is 0.0989. The Morgan fingerprint density at radius 2 is 1.53 bits per heavy atom. The molecule has 0 aliphatic heterocycles. The van der Waals surface area contributed by atoms with Gasteiger partial charge in [0.25, 0.3) is 5.91 Å². The van der Waals surface area contributed by atoms with E-state index in [-0.39, 0.29) is 5.91 Å². The molecule has 0 aliphatic carbocycles. The minimum absolute atomic E-state index is 0.0893. The molecule has 0 fully saturated rings. The summed E-state index contributed by atoms with van der Waals surface area (Å²) < 4.78 is 0. The predicted octanol–water partition coefficient (Wildman–Crippen LogP) is 4.09. The lowest BCUT2D eigenvalue weighted by Crippen LogP contribution is -2.31. The van der Waals surface area contributed by atoms with Crippen molar-refractivity contribution in [2.24, 2.45) is 0 Å². The molecule has 2 aromatic carbocycles. The van der Waals surface area contributed by atoms with E-state index in [4.69, 9.17) is 11.6 Å². The van der Waals surface area contributed by atoms with Crippen LogP contribution in [0, 0.1) is 0 Å². The smallest absolute Gasteiger partial charge is 0.258 e. The molecule has 3 heteroatoms. The Kier molecular flexibility index (Phi) is 4.37. The van der Waals surface area contributed by atoms with E-state index in [1.165, 1.54) is 0 Å². The maximum Gasteiger partial charge on any atom is 0.258 e. The van der Waals surface area contributed by atoms with Crippen LogP contribution in [0.3, 0.4) is 0 Å². The monoisotopic (exact) mass is 271 g/mol. The van der Waals surface area contributed by atoms with Gasteiger partial charge >= 0.3 is 0 Å². The van der Waals surface area contributed by atoms with E-state index in [0.29, 0.717) is 17.1 Å². The van der Waals surface area contributed by atoms with Gasteiger partial charge in [-0.3, -0.25) is 4.79 Å². The molecule has 19 heavy (non-hydrogen) atoms. The van der Waals surface area contributed by atoms with Gasteiger partial charge in [-0.15, -0.1) is 0 Å². The van der Waals surface area contributed by atoms with Gasteiger partial charge in [0.1, 0.15) is 0 Å². The second kappa shape index (κ2) is 6.21. The van der Waals surface area contributed by atoms with Crippen LogP contribution in [-0.2, 0) is 0 Å². The fraction of sp³-hybridized carbons (Fsp3) is 0.0625. The van der Waals surface area contributed by atoms with Crippen molar-refractivity contribution in [3.63, 3.8) is 0 Å². The van der Waals surface area contributed by atoms with Crippen LogP contribution in [0.5, 0.6) is 0 Å². The molecule has 0 heterocycles. The summed E-state index contributed by atoms with van der Waals surface area (Å²) >= 11 is 5.87. The summed E-state index contributed by atoms with van der Waals surface area (Å²) in [5.74, 6) is -0.0893. The summed E-state index contributed by atoms with van der Waals surface area (Å²) in [5.41, 5.74) is 1.43. The van der Waals surface area contributed by atoms with E-state index in [2.05, 4.69) is 6.58 Å². The highest BCUT2D eigenvalue weighted by Gasteiger charge is 2.17. The first-order chi connectivity index (χ1) is 9.18. The first-order valence-electron chi connectivity index (χ1n) is 5.94. The number of nitrogens with zero attached hydrogens (tertiary/aromatic N) is 1. The third-order valence-corrected chi connectivity index (χ3v) is 2.78. The van der Waals surface area contributed by atoms with Crippen molar-refractivity contribution >= 4 is 23.2 Å². The lowest BCUT2D eigenvalue weighted by Gasteiger charge is -2.22. The molecule has 0 N–H and O–H groups in total. The number of carbonyl (C=O) groups excluding carboxylic acids is 1. The SMILES string of the molecule is C=C(Cl)CN(C(=O)c1ccccc1)c1ccccc1. The van der Waals surface area contributed by atoms with Crippen LogP contribution in [0.4, 0.5) is 5.69 Å². The van der Waals surface area contributed by atoms with Crippen molar-refractivity contribution in [1.29, 1.82) is 0 Å². The van der Waals surface area contributed by atoms with Crippen molar-refractivity contribution in [2.75, 3.05) is 11.4 Å². The third kappa shape index (κ3) is 3.46. The zero-order valence-electron chi connectivity index (χ0n) is 10.4. The minimum atomic E-state index is -0.0893. The molecule has 0 bridgehead atoms. The molecule has 0 aromatic heterocycles. The van der Waals surface area contributed by atoms with Crippen LogP contribution in [0.25, 0.3) is 0 Å². The van der Waals surface area contributed by atoms with E-state index in [9.17, 15) is 4.79 Å². The summed E-state index contributed by atoms with van der Waals surface area (Å²) in [6, 6.07) is 18.6. The van der Waals surface area contributed by atoms with E-state index in [1.54, 1.807) is 17.0 Å². The van der Waals surface area contributed by atoms with Gasteiger partial charge in [0.2, 0.25) is 0 Å². The van der Waals surface area contributed by atoms with Gasteiger partial charge in [-0.2, -0.15) is 0 Å². The van der Waals surface area contributed by atoms with Crippen LogP contribution in [0.1, 0.15) is 10.4 Å². The largest absolute Gasteiger partial charge is 0.303 e. The summed E-state index contributed by atoms with van der Waals surface area (Å²) in [6.07, 6.45) is 0. The summed E-state index contributed by atoms with van der Waals surface area (Å²) in [5, 5.41) is 0.424. The van der Waals surface area contributed by atoms with Crippen LogP contribution in [-0.4, -0.2) is 12.5 Å². The minimum Gasteiger partial charge on any atom is -0.303 e. The van der Waals surface area contributed by atoms with Crippen LogP contribution in [0.2, 0.25) is 0 Å². The van der Waals surface area contributed by atoms with Crippen molar-refractivity contribution in [1.82, 2.24) is 0 Å². The van der Waals surface area contributed by atoms with Crippen molar-refractivity contribution in [3.8, 4) is 0 Å². The van der Waals surface area contributed by atoms with Crippen LogP contribution < -0.4 is 4.90 Å². The van der Waals surface area contributed by atoms with E-state index in [0.717, 1.165) is 5.69 Å². The van der Waals surface area contributed by atoms with E-state index < -0.39 is 0 Å². The van der Waals surface area contributed by atoms with Crippen LogP contribution in [0.15, 0.2) is 72.3 Å². The molecule has 0 aliphatic rings. The molecule has 0 radical (unpaired) electrons. The Hall–Kier alpha value is -2.06. The molecule has 0 saturated carbocycles. The van der Waals surface area contributed by atoms with Gasteiger partial charge in [-0.25, -0.2) is 0 Å². The number of rotatable bonds is 4. The highest BCUT2D eigenvalue weighted by atomic mass is 35.5.